The van der Waals surface area contributed by atoms with E-state index in [9.17, 15) is 19.7 Å². The molecule has 1 heterocycles. The standard InChI is InChI=1S/C18H16N2O7/c1-11(27-15-4-2-12(10-21)8-14(15)20(23)24)18(22)19-13-3-5-16-17(9-13)26-7-6-25-16/h2-5,8-11H,6-7H2,1H3,(H,19,22)/t11-/m1/s1. The lowest BCUT2D eigenvalue weighted by molar-refractivity contribution is -0.386. The number of anilines is 1. The highest BCUT2D eigenvalue weighted by molar-refractivity contribution is 5.94. The van der Waals surface area contributed by atoms with Crippen LogP contribution in [0, 0.1) is 10.1 Å². The van der Waals surface area contributed by atoms with Gasteiger partial charge < -0.3 is 19.5 Å². The van der Waals surface area contributed by atoms with Crippen LogP contribution in [0.25, 0.3) is 0 Å². The molecule has 0 unspecified atom stereocenters. The average Bonchev–Trinajstić information content (AvgIpc) is 2.67. The Hall–Kier alpha value is -3.62. The van der Waals surface area contributed by atoms with Gasteiger partial charge in [-0.2, -0.15) is 0 Å². The van der Waals surface area contributed by atoms with Gasteiger partial charge in [0.1, 0.15) is 19.5 Å². The summed E-state index contributed by atoms with van der Waals surface area (Å²) < 4.78 is 16.3. The third-order valence-corrected chi connectivity index (χ3v) is 3.80. The molecular weight excluding hydrogens is 356 g/mol. The van der Waals surface area contributed by atoms with Gasteiger partial charge in [-0.15, -0.1) is 0 Å². The summed E-state index contributed by atoms with van der Waals surface area (Å²) in [5.41, 5.74) is 0.228. The molecule has 0 saturated heterocycles. The predicted octanol–water partition coefficient (Wildman–Crippen LogP) is 2.58. The molecule has 3 rings (SSSR count). The van der Waals surface area contributed by atoms with Crippen molar-refractivity contribution in [2.75, 3.05) is 18.5 Å². The first-order valence-electron chi connectivity index (χ1n) is 8.08. The van der Waals surface area contributed by atoms with E-state index in [1.54, 1.807) is 18.2 Å². The Labute approximate surface area is 154 Å². The van der Waals surface area contributed by atoms with E-state index in [4.69, 9.17) is 14.2 Å². The van der Waals surface area contributed by atoms with Crippen LogP contribution in [0.3, 0.4) is 0 Å². The molecule has 0 radical (unpaired) electrons. The number of nitro groups is 1. The molecule has 9 heteroatoms. The number of hydrogen-bond donors (Lipinski definition) is 1. The van der Waals surface area contributed by atoms with Crippen LogP contribution in [0.5, 0.6) is 17.2 Å². The number of nitrogens with zero attached hydrogens (tertiary/aromatic N) is 1. The molecule has 1 aliphatic rings. The number of amides is 1. The molecule has 0 fully saturated rings. The molecule has 0 aromatic heterocycles. The highest BCUT2D eigenvalue weighted by Crippen LogP contribution is 2.33. The number of ether oxygens (including phenoxy) is 3. The molecule has 0 bridgehead atoms. The summed E-state index contributed by atoms with van der Waals surface area (Å²) in [5, 5.41) is 13.8. The van der Waals surface area contributed by atoms with E-state index in [1.807, 2.05) is 0 Å². The molecule has 1 atom stereocenters. The van der Waals surface area contributed by atoms with Gasteiger partial charge in [-0.05, 0) is 31.2 Å². The van der Waals surface area contributed by atoms with Crippen molar-refractivity contribution >= 4 is 23.6 Å². The second-order valence-electron chi connectivity index (χ2n) is 5.71. The van der Waals surface area contributed by atoms with Gasteiger partial charge in [-0.1, -0.05) is 0 Å². The topological polar surface area (TPSA) is 117 Å². The number of fused-ring (bicyclic) bond motifs is 1. The van der Waals surface area contributed by atoms with Crippen LogP contribution in [-0.4, -0.2) is 36.4 Å². The number of rotatable bonds is 6. The maximum atomic E-state index is 12.4. The number of nitro benzene ring substituents is 1. The van der Waals surface area contributed by atoms with Gasteiger partial charge in [0.05, 0.1) is 4.92 Å². The van der Waals surface area contributed by atoms with Crippen molar-refractivity contribution < 1.29 is 28.7 Å². The molecule has 0 saturated carbocycles. The van der Waals surface area contributed by atoms with E-state index in [0.29, 0.717) is 36.7 Å². The lowest BCUT2D eigenvalue weighted by Crippen LogP contribution is -2.30. The Bertz CT molecular complexity index is 897. The summed E-state index contributed by atoms with van der Waals surface area (Å²) in [4.78, 5) is 33.6. The molecule has 1 amide bonds. The van der Waals surface area contributed by atoms with E-state index < -0.39 is 22.6 Å². The van der Waals surface area contributed by atoms with E-state index >= 15 is 0 Å². The van der Waals surface area contributed by atoms with Gasteiger partial charge in [-0.3, -0.25) is 19.7 Å². The van der Waals surface area contributed by atoms with Crippen molar-refractivity contribution in [3.63, 3.8) is 0 Å². The molecule has 140 valence electrons. The lowest BCUT2D eigenvalue weighted by Gasteiger charge is -2.19. The quantitative estimate of drug-likeness (QED) is 0.470. The van der Waals surface area contributed by atoms with Crippen LogP contribution < -0.4 is 19.5 Å². The van der Waals surface area contributed by atoms with Crippen molar-refractivity contribution in [2.45, 2.75) is 13.0 Å². The molecule has 9 nitrogen and oxygen atoms in total. The van der Waals surface area contributed by atoms with E-state index in [0.717, 1.165) is 6.07 Å². The van der Waals surface area contributed by atoms with Gasteiger partial charge in [-0.25, -0.2) is 0 Å². The Balaban J connectivity index is 1.71. The van der Waals surface area contributed by atoms with Crippen LogP contribution in [0.2, 0.25) is 0 Å². The number of aldehydes is 1. The van der Waals surface area contributed by atoms with Crippen LogP contribution in [0.4, 0.5) is 11.4 Å². The Kier molecular flexibility index (Phi) is 5.20. The number of hydrogen-bond acceptors (Lipinski definition) is 7. The second-order valence-corrected chi connectivity index (χ2v) is 5.71. The first-order valence-corrected chi connectivity index (χ1v) is 8.08. The molecular formula is C18H16N2O7. The number of benzene rings is 2. The third kappa shape index (κ3) is 4.14. The van der Waals surface area contributed by atoms with Crippen molar-refractivity contribution in [1.82, 2.24) is 0 Å². The summed E-state index contributed by atoms with van der Waals surface area (Å²) in [6, 6.07) is 8.71. The van der Waals surface area contributed by atoms with Crippen LogP contribution in [-0.2, 0) is 4.79 Å². The Morgan fingerprint density at radius 2 is 1.96 bits per heavy atom. The van der Waals surface area contributed by atoms with E-state index in [2.05, 4.69) is 5.32 Å². The normalized spacial score (nSPS) is 13.4. The highest BCUT2D eigenvalue weighted by atomic mass is 16.6. The number of carbonyl (C=O) groups is 2. The minimum atomic E-state index is -1.01. The predicted molar refractivity (Wildman–Crippen MR) is 94.6 cm³/mol. The summed E-state index contributed by atoms with van der Waals surface area (Å²) in [6.45, 7) is 2.35. The van der Waals surface area contributed by atoms with Gasteiger partial charge in [0, 0.05) is 23.4 Å². The van der Waals surface area contributed by atoms with Crippen molar-refractivity contribution in [3.05, 3.63) is 52.1 Å². The van der Waals surface area contributed by atoms with Crippen LogP contribution in [0.1, 0.15) is 17.3 Å². The zero-order chi connectivity index (χ0) is 19.4. The molecule has 0 spiro atoms. The van der Waals surface area contributed by atoms with E-state index in [1.165, 1.54) is 19.1 Å². The molecule has 1 aliphatic heterocycles. The molecule has 27 heavy (non-hydrogen) atoms. The SMILES string of the molecule is C[C@@H](Oc1ccc(C=O)cc1[N+](=O)[O-])C(=O)Nc1ccc2c(c1)OCCO2. The van der Waals surface area contributed by atoms with Gasteiger partial charge in [0.2, 0.25) is 0 Å². The largest absolute Gasteiger partial charge is 0.486 e. The smallest absolute Gasteiger partial charge is 0.311 e. The van der Waals surface area contributed by atoms with Gasteiger partial charge in [0.15, 0.2) is 23.4 Å². The second kappa shape index (κ2) is 7.73. The van der Waals surface area contributed by atoms with Crippen molar-refractivity contribution in [1.29, 1.82) is 0 Å². The maximum Gasteiger partial charge on any atom is 0.311 e. The third-order valence-electron chi connectivity index (χ3n) is 3.80. The van der Waals surface area contributed by atoms with Crippen molar-refractivity contribution in [2.24, 2.45) is 0 Å². The minimum absolute atomic E-state index is 0.101. The summed E-state index contributed by atoms with van der Waals surface area (Å²) in [7, 11) is 0. The highest BCUT2D eigenvalue weighted by Gasteiger charge is 2.22. The Morgan fingerprint density at radius 3 is 2.67 bits per heavy atom. The minimum Gasteiger partial charge on any atom is -0.486 e. The van der Waals surface area contributed by atoms with Crippen molar-refractivity contribution in [3.8, 4) is 17.2 Å². The van der Waals surface area contributed by atoms with Gasteiger partial charge >= 0.3 is 5.69 Å². The van der Waals surface area contributed by atoms with Gasteiger partial charge in [0.25, 0.3) is 5.91 Å². The molecule has 2 aromatic rings. The summed E-state index contributed by atoms with van der Waals surface area (Å²) >= 11 is 0. The fraction of sp³-hybridized carbons (Fsp3) is 0.222. The summed E-state index contributed by atoms with van der Waals surface area (Å²) in [6.07, 6.45) is -0.520. The first-order chi connectivity index (χ1) is 13.0. The summed E-state index contributed by atoms with van der Waals surface area (Å²) in [5.74, 6) is 0.512. The van der Waals surface area contributed by atoms with Crippen LogP contribution >= 0.6 is 0 Å². The lowest BCUT2D eigenvalue weighted by atomic mass is 10.2. The van der Waals surface area contributed by atoms with Crippen LogP contribution in [0.15, 0.2) is 36.4 Å². The maximum absolute atomic E-state index is 12.4. The monoisotopic (exact) mass is 372 g/mol. The fourth-order valence-electron chi connectivity index (χ4n) is 2.46. The zero-order valence-electron chi connectivity index (χ0n) is 14.3. The fourth-order valence-corrected chi connectivity index (χ4v) is 2.46. The van der Waals surface area contributed by atoms with E-state index in [-0.39, 0.29) is 11.3 Å². The zero-order valence-corrected chi connectivity index (χ0v) is 14.3. The molecule has 1 N–H and O–H groups in total. The Morgan fingerprint density at radius 1 is 1.22 bits per heavy atom. The molecule has 0 aliphatic carbocycles. The average molecular weight is 372 g/mol. The number of nitrogens with one attached hydrogen (secondary N) is 1. The first kappa shape index (κ1) is 18.2. The number of carbonyl (C=O) groups excluding carboxylic acids is 2. The molecule has 2 aromatic carbocycles.